The third-order valence-corrected chi connectivity index (χ3v) is 3.12. The van der Waals surface area contributed by atoms with Gasteiger partial charge < -0.3 is 10.5 Å². The van der Waals surface area contributed by atoms with Crippen LogP contribution in [0.4, 0.5) is 13.2 Å². The summed E-state index contributed by atoms with van der Waals surface area (Å²) >= 11 is 0. The van der Waals surface area contributed by atoms with Gasteiger partial charge in [0.25, 0.3) is 0 Å². The standard InChI is InChI=1S/C16H16F3NO/c1-11-2-4-12(5-3-11)15(20)10-21-14-8-6-13(7-9-14)16(17,18)19/h2-9,15H,10,20H2,1H3. The molecule has 0 amide bonds. The molecule has 0 saturated carbocycles. The summed E-state index contributed by atoms with van der Waals surface area (Å²) in [6, 6.07) is 12.0. The number of ether oxygens (including phenoxy) is 1. The van der Waals surface area contributed by atoms with E-state index < -0.39 is 11.7 Å². The van der Waals surface area contributed by atoms with Crippen molar-refractivity contribution in [3.63, 3.8) is 0 Å². The number of hydrogen-bond donors (Lipinski definition) is 1. The van der Waals surface area contributed by atoms with Crippen LogP contribution in [-0.4, -0.2) is 6.61 Å². The summed E-state index contributed by atoms with van der Waals surface area (Å²) < 4.78 is 42.7. The number of alkyl halides is 3. The van der Waals surface area contributed by atoms with Gasteiger partial charge in [0.05, 0.1) is 11.6 Å². The molecule has 0 aliphatic rings. The average molecular weight is 295 g/mol. The molecule has 112 valence electrons. The van der Waals surface area contributed by atoms with Gasteiger partial charge >= 0.3 is 6.18 Å². The molecule has 2 nitrogen and oxygen atoms in total. The van der Waals surface area contributed by atoms with Crippen molar-refractivity contribution in [2.24, 2.45) is 5.73 Å². The molecule has 0 aromatic heterocycles. The van der Waals surface area contributed by atoms with Crippen LogP contribution in [0.2, 0.25) is 0 Å². The van der Waals surface area contributed by atoms with Crippen LogP contribution in [0.1, 0.15) is 22.7 Å². The molecule has 0 aliphatic heterocycles. The molecule has 0 fully saturated rings. The van der Waals surface area contributed by atoms with Crippen molar-refractivity contribution in [2.45, 2.75) is 19.1 Å². The largest absolute Gasteiger partial charge is 0.492 e. The van der Waals surface area contributed by atoms with Gasteiger partial charge in [0.15, 0.2) is 0 Å². The Hall–Kier alpha value is -2.01. The van der Waals surface area contributed by atoms with Crippen molar-refractivity contribution in [3.8, 4) is 5.75 Å². The summed E-state index contributed by atoms with van der Waals surface area (Å²) in [7, 11) is 0. The van der Waals surface area contributed by atoms with Crippen LogP contribution in [0.5, 0.6) is 5.75 Å². The lowest BCUT2D eigenvalue weighted by molar-refractivity contribution is -0.137. The highest BCUT2D eigenvalue weighted by Gasteiger charge is 2.30. The molecular formula is C16H16F3NO. The van der Waals surface area contributed by atoms with Crippen molar-refractivity contribution in [3.05, 3.63) is 65.2 Å². The fourth-order valence-electron chi connectivity index (χ4n) is 1.84. The van der Waals surface area contributed by atoms with Crippen molar-refractivity contribution in [1.29, 1.82) is 0 Å². The maximum atomic E-state index is 12.4. The fraction of sp³-hybridized carbons (Fsp3) is 0.250. The SMILES string of the molecule is Cc1ccc(C(N)COc2ccc(C(F)(F)F)cc2)cc1. The Bertz CT molecular complexity index is 576. The fourth-order valence-corrected chi connectivity index (χ4v) is 1.84. The van der Waals surface area contributed by atoms with Crippen LogP contribution in [0.3, 0.4) is 0 Å². The zero-order chi connectivity index (χ0) is 15.5. The molecule has 0 saturated heterocycles. The molecule has 2 aromatic rings. The van der Waals surface area contributed by atoms with Crippen molar-refractivity contribution in [1.82, 2.24) is 0 Å². The molecule has 0 spiro atoms. The monoisotopic (exact) mass is 295 g/mol. The summed E-state index contributed by atoms with van der Waals surface area (Å²) in [6.45, 7) is 2.18. The van der Waals surface area contributed by atoms with Crippen LogP contribution >= 0.6 is 0 Å². The zero-order valence-electron chi connectivity index (χ0n) is 11.5. The van der Waals surface area contributed by atoms with Gasteiger partial charge in [-0.15, -0.1) is 0 Å². The predicted molar refractivity (Wildman–Crippen MR) is 75.0 cm³/mol. The second-order valence-electron chi connectivity index (χ2n) is 4.85. The van der Waals surface area contributed by atoms with E-state index in [4.69, 9.17) is 10.5 Å². The lowest BCUT2D eigenvalue weighted by atomic mass is 10.1. The van der Waals surface area contributed by atoms with Crippen molar-refractivity contribution >= 4 is 0 Å². The van der Waals surface area contributed by atoms with Crippen LogP contribution < -0.4 is 10.5 Å². The van der Waals surface area contributed by atoms with Gasteiger partial charge in [-0.05, 0) is 36.8 Å². The van der Waals surface area contributed by atoms with Gasteiger partial charge in [0, 0.05) is 0 Å². The first-order valence-electron chi connectivity index (χ1n) is 6.48. The molecule has 1 atom stereocenters. The van der Waals surface area contributed by atoms with Gasteiger partial charge in [0.1, 0.15) is 12.4 Å². The quantitative estimate of drug-likeness (QED) is 0.922. The maximum absolute atomic E-state index is 12.4. The van der Waals surface area contributed by atoms with Crippen LogP contribution in [0.25, 0.3) is 0 Å². The Morgan fingerprint density at radius 3 is 2.10 bits per heavy atom. The van der Waals surface area contributed by atoms with Gasteiger partial charge in [-0.1, -0.05) is 29.8 Å². The summed E-state index contributed by atoms with van der Waals surface area (Å²) in [4.78, 5) is 0. The van der Waals surface area contributed by atoms with Gasteiger partial charge in [-0.2, -0.15) is 13.2 Å². The van der Waals surface area contributed by atoms with E-state index in [0.29, 0.717) is 5.75 Å². The molecule has 21 heavy (non-hydrogen) atoms. The lowest BCUT2D eigenvalue weighted by Gasteiger charge is -2.14. The molecule has 0 aliphatic carbocycles. The molecule has 5 heteroatoms. The highest BCUT2D eigenvalue weighted by atomic mass is 19.4. The highest BCUT2D eigenvalue weighted by Crippen LogP contribution is 2.30. The molecule has 2 N–H and O–H groups in total. The summed E-state index contributed by atoms with van der Waals surface area (Å²) in [6.07, 6.45) is -4.34. The number of benzene rings is 2. The van der Waals surface area contributed by atoms with Gasteiger partial charge in [-0.3, -0.25) is 0 Å². The minimum atomic E-state index is -4.34. The predicted octanol–water partition coefficient (Wildman–Crippen LogP) is 4.09. The number of aryl methyl sites for hydroxylation is 1. The normalized spacial score (nSPS) is 13.0. The molecular weight excluding hydrogens is 279 g/mol. The molecule has 2 rings (SSSR count). The Kier molecular flexibility index (Phi) is 4.53. The third-order valence-electron chi connectivity index (χ3n) is 3.12. The second-order valence-corrected chi connectivity index (χ2v) is 4.85. The number of hydrogen-bond acceptors (Lipinski definition) is 2. The Balaban J connectivity index is 1.95. The van der Waals surface area contributed by atoms with Gasteiger partial charge in [-0.25, -0.2) is 0 Å². The van der Waals surface area contributed by atoms with E-state index in [0.717, 1.165) is 23.3 Å². The maximum Gasteiger partial charge on any atom is 0.416 e. The summed E-state index contributed by atoms with van der Waals surface area (Å²) in [5, 5.41) is 0. The Labute approximate surface area is 121 Å². The van der Waals surface area contributed by atoms with E-state index in [1.165, 1.54) is 12.1 Å². The topological polar surface area (TPSA) is 35.2 Å². The van der Waals surface area contributed by atoms with Crippen LogP contribution in [0.15, 0.2) is 48.5 Å². The highest BCUT2D eigenvalue weighted by molar-refractivity contribution is 5.29. The minimum Gasteiger partial charge on any atom is -0.492 e. The summed E-state index contributed by atoms with van der Waals surface area (Å²) in [5.41, 5.74) is 7.35. The summed E-state index contributed by atoms with van der Waals surface area (Å²) in [5.74, 6) is 0.366. The van der Waals surface area contributed by atoms with Gasteiger partial charge in [0.2, 0.25) is 0 Å². The van der Waals surface area contributed by atoms with E-state index in [1.807, 2.05) is 31.2 Å². The molecule has 2 aromatic carbocycles. The van der Waals surface area contributed by atoms with Crippen molar-refractivity contribution < 1.29 is 17.9 Å². The van der Waals surface area contributed by atoms with E-state index in [1.54, 1.807) is 0 Å². The van der Waals surface area contributed by atoms with E-state index in [9.17, 15) is 13.2 Å². The van der Waals surface area contributed by atoms with Crippen LogP contribution in [0, 0.1) is 6.92 Å². The number of halogens is 3. The molecule has 0 bridgehead atoms. The molecule has 1 unspecified atom stereocenters. The lowest BCUT2D eigenvalue weighted by Crippen LogP contribution is -2.19. The van der Waals surface area contributed by atoms with E-state index in [2.05, 4.69) is 0 Å². The van der Waals surface area contributed by atoms with E-state index in [-0.39, 0.29) is 12.6 Å². The first-order valence-corrected chi connectivity index (χ1v) is 6.48. The smallest absolute Gasteiger partial charge is 0.416 e. The molecule has 0 radical (unpaired) electrons. The van der Waals surface area contributed by atoms with Crippen molar-refractivity contribution in [2.75, 3.05) is 6.61 Å². The Morgan fingerprint density at radius 1 is 1.00 bits per heavy atom. The zero-order valence-corrected chi connectivity index (χ0v) is 11.5. The van der Waals surface area contributed by atoms with E-state index >= 15 is 0 Å². The average Bonchev–Trinajstić information content (AvgIpc) is 2.45. The first kappa shape index (κ1) is 15.4. The first-order chi connectivity index (χ1) is 9.86. The molecule has 0 heterocycles. The number of rotatable bonds is 4. The third kappa shape index (κ3) is 4.23. The second kappa shape index (κ2) is 6.18. The Morgan fingerprint density at radius 2 is 1.57 bits per heavy atom. The number of nitrogens with two attached hydrogens (primary N) is 1. The minimum absolute atomic E-state index is 0.203. The van der Waals surface area contributed by atoms with Crippen LogP contribution in [-0.2, 0) is 6.18 Å².